The monoisotopic (exact) mass is 360 g/mol. The van der Waals surface area contributed by atoms with Crippen LogP contribution < -0.4 is 4.74 Å². The van der Waals surface area contributed by atoms with Gasteiger partial charge in [0.1, 0.15) is 6.10 Å². The van der Waals surface area contributed by atoms with Gasteiger partial charge < -0.3 is 4.74 Å². The third kappa shape index (κ3) is 3.88. The number of Topliss-reactive ketones (excluding diaryl/α,β-unsaturated/α-hetero) is 1. The number of hydrogen-bond acceptors (Lipinski definition) is 5. The van der Waals surface area contributed by atoms with Crippen molar-refractivity contribution in [3.8, 4) is 5.88 Å². The highest BCUT2D eigenvalue weighted by molar-refractivity contribution is 7.89. The minimum Gasteiger partial charge on any atom is -0.473 e. The van der Waals surface area contributed by atoms with Crippen molar-refractivity contribution in [2.75, 3.05) is 13.1 Å². The van der Waals surface area contributed by atoms with E-state index in [0.29, 0.717) is 24.4 Å². The van der Waals surface area contributed by atoms with Gasteiger partial charge >= 0.3 is 0 Å². The summed E-state index contributed by atoms with van der Waals surface area (Å²) in [6.07, 6.45) is 2.08. The van der Waals surface area contributed by atoms with E-state index in [1.165, 1.54) is 23.4 Å². The van der Waals surface area contributed by atoms with Gasteiger partial charge in [-0.2, -0.15) is 4.31 Å². The molecule has 0 radical (unpaired) electrons. The van der Waals surface area contributed by atoms with Crippen LogP contribution in [0.2, 0.25) is 0 Å². The Kier molecular flexibility index (Phi) is 4.87. The number of carbonyl (C=O) groups excluding carboxylic acids is 1. The zero-order valence-electron chi connectivity index (χ0n) is 14.2. The van der Waals surface area contributed by atoms with Gasteiger partial charge in [0.15, 0.2) is 5.78 Å². The summed E-state index contributed by atoms with van der Waals surface area (Å²) in [4.78, 5) is 15.8. The van der Waals surface area contributed by atoms with Gasteiger partial charge in [0.2, 0.25) is 15.9 Å². The Bertz CT molecular complexity index is 878. The number of hydrogen-bond donors (Lipinski definition) is 0. The average molecular weight is 360 g/mol. The molecule has 1 aliphatic rings. The fourth-order valence-electron chi connectivity index (χ4n) is 2.73. The zero-order valence-corrected chi connectivity index (χ0v) is 15.0. The van der Waals surface area contributed by atoms with E-state index >= 15 is 0 Å². The van der Waals surface area contributed by atoms with Crippen LogP contribution in [0, 0.1) is 6.92 Å². The number of ether oxygens (including phenoxy) is 1. The highest BCUT2D eigenvalue weighted by Crippen LogP contribution is 2.24. The second-order valence-corrected chi connectivity index (χ2v) is 8.09. The normalized spacial score (nSPS) is 18.2. The molecule has 2 aromatic rings. The van der Waals surface area contributed by atoms with E-state index in [9.17, 15) is 13.2 Å². The lowest BCUT2D eigenvalue weighted by molar-refractivity contribution is 0.101. The predicted octanol–water partition coefficient (Wildman–Crippen LogP) is 2.43. The van der Waals surface area contributed by atoms with Gasteiger partial charge in [0.25, 0.3) is 0 Å². The first-order valence-corrected chi connectivity index (χ1v) is 9.51. The summed E-state index contributed by atoms with van der Waals surface area (Å²) in [5.41, 5.74) is 1.42. The molecular weight excluding hydrogens is 340 g/mol. The Morgan fingerprint density at radius 1 is 1.28 bits per heavy atom. The molecule has 1 aromatic heterocycles. The van der Waals surface area contributed by atoms with Crippen molar-refractivity contribution < 1.29 is 17.9 Å². The maximum Gasteiger partial charge on any atom is 0.243 e. The van der Waals surface area contributed by atoms with Crippen LogP contribution in [0.4, 0.5) is 0 Å². The van der Waals surface area contributed by atoms with E-state index < -0.39 is 10.0 Å². The Morgan fingerprint density at radius 3 is 2.76 bits per heavy atom. The Hall–Kier alpha value is -2.25. The minimum absolute atomic E-state index is 0.134. The first kappa shape index (κ1) is 17.6. The Morgan fingerprint density at radius 2 is 2.08 bits per heavy atom. The van der Waals surface area contributed by atoms with E-state index in [4.69, 9.17) is 4.74 Å². The maximum atomic E-state index is 12.8. The fourth-order valence-corrected chi connectivity index (χ4v) is 4.26. The molecule has 0 N–H and O–H groups in total. The van der Waals surface area contributed by atoms with Crippen molar-refractivity contribution in [2.45, 2.75) is 31.3 Å². The number of nitrogens with zero attached hydrogens (tertiary/aromatic N) is 2. The molecule has 25 heavy (non-hydrogen) atoms. The van der Waals surface area contributed by atoms with Crippen LogP contribution >= 0.6 is 0 Å². The molecule has 3 rings (SSSR count). The standard InChI is InChI=1S/C18H20N2O4S/c1-13-6-7-18(19-11-13)24-16-8-9-20(12-16)25(22,23)17-5-3-4-15(10-17)14(2)21/h3-7,10-11,16H,8-9,12H2,1-2H3. The smallest absolute Gasteiger partial charge is 0.243 e. The lowest BCUT2D eigenvalue weighted by Gasteiger charge is -2.17. The van der Waals surface area contributed by atoms with Gasteiger partial charge in [-0.15, -0.1) is 0 Å². The van der Waals surface area contributed by atoms with Crippen molar-refractivity contribution in [3.63, 3.8) is 0 Å². The molecule has 1 aromatic carbocycles. The number of sulfonamides is 1. The Labute approximate surface area is 147 Å². The van der Waals surface area contributed by atoms with Crippen LogP contribution in [0.25, 0.3) is 0 Å². The zero-order chi connectivity index (χ0) is 18.0. The second-order valence-electron chi connectivity index (χ2n) is 6.15. The van der Waals surface area contributed by atoms with Gasteiger partial charge in [-0.25, -0.2) is 13.4 Å². The molecule has 1 fully saturated rings. The van der Waals surface area contributed by atoms with Crippen LogP contribution in [0.3, 0.4) is 0 Å². The summed E-state index contributed by atoms with van der Waals surface area (Å²) in [6.45, 7) is 4.00. The molecular formula is C18H20N2O4S. The lowest BCUT2D eigenvalue weighted by Crippen LogP contribution is -2.31. The summed E-state index contributed by atoms with van der Waals surface area (Å²) in [5, 5.41) is 0. The maximum absolute atomic E-state index is 12.8. The van der Waals surface area contributed by atoms with Crippen molar-refractivity contribution in [3.05, 3.63) is 53.7 Å². The van der Waals surface area contributed by atoms with Gasteiger partial charge in [-0.1, -0.05) is 18.2 Å². The van der Waals surface area contributed by atoms with Gasteiger partial charge in [0, 0.05) is 24.4 Å². The number of aryl methyl sites for hydroxylation is 1. The van der Waals surface area contributed by atoms with Crippen LogP contribution in [0.5, 0.6) is 5.88 Å². The predicted molar refractivity (Wildman–Crippen MR) is 93.2 cm³/mol. The molecule has 0 saturated carbocycles. The molecule has 1 saturated heterocycles. The molecule has 6 nitrogen and oxygen atoms in total. The fraction of sp³-hybridized carbons (Fsp3) is 0.333. The summed E-state index contributed by atoms with van der Waals surface area (Å²) in [6, 6.07) is 9.82. The van der Waals surface area contributed by atoms with Gasteiger partial charge in [-0.3, -0.25) is 4.79 Å². The molecule has 0 spiro atoms. The molecule has 7 heteroatoms. The quantitative estimate of drug-likeness (QED) is 0.766. The summed E-state index contributed by atoms with van der Waals surface area (Å²) >= 11 is 0. The van der Waals surface area contributed by atoms with Crippen molar-refractivity contribution in [2.24, 2.45) is 0 Å². The molecule has 132 valence electrons. The molecule has 1 unspecified atom stereocenters. The average Bonchev–Trinajstić information content (AvgIpc) is 3.06. The summed E-state index contributed by atoms with van der Waals surface area (Å²) < 4.78 is 32.8. The number of benzene rings is 1. The molecule has 0 bridgehead atoms. The number of carbonyl (C=O) groups is 1. The number of rotatable bonds is 5. The molecule has 2 heterocycles. The highest BCUT2D eigenvalue weighted by atomic mass is 32.2. The van der Waals surface area contributed by atoms with E-state index in [1.54, 1.807) is 24.4 Å². The van der Waals surface area contributed by atoms with Crippen LogP contribution in [0.15, 0.2) is 47.5 Å². The topological polar surface area (TPSA) is 76.6 Å². The van der Waals surface area contributed by atoms with Crippen LogP contribution in [-0.4, -0.2) is 42.7 Å². The van der Waals surface area contributed by atoms with E-state index in [-0.39, 0.29) is 23.3 Å². The van der Waals surface area contributed by atoms with Crippen LogP contribution in [0.1, 0.15) is 29.3 Å². The number of aromatic nitrogens is 1. The third-order valence-electron chi connectivity index (χ3n) is 4.16. The van der Waals surface area contributed by atoms with Crippen molar-refractivity contribution in [1.82, 2.24) is 9.29 Å². The second kappa shape index (κ2) is 6.93. The molecule has 1 atom stereocenters. The van der Waals surface area contributed by atoms with E-state index in [0.717, 1.165) is 5.56 Å². The van der Waals surface area contributed by atoms with Crippen LogP contribution in [-0.2, 0) is 10.0 Å². The third-order valence-corrected chi connectivity index (χ3v) is 6.02. The van der Waals surface area contributed by atoms with Crippen molar-refractivity contribution >= 4 is 15.8 Å². The van der Waals surface area contributed by atoms with E-state index in [1.807, 2.05) is 13.0 Å². The van der Waals surface area contributed by atoms with Gasteiger partial charge in [-0.05, 0) is 38.0 Å². The first-order valence-electron chi connectivity index (χ1n) is 8.07. The SMILES string of the molecule is CC(=O)c1cccc(S(=O)(=O)N2CCC(Oc3ccc(C)cn3)C2)c1. The van der Waals surface area contributed by atoms with E-state index in [2.05, 4.69) is 4.98 Å². The Balaban J connectivity index is 1.73. The summed E-state index contributed by atoms with van der Waals surface area (Å²) in [7, 11) is -3.65. The molecule has 1 aliphatic heterocycles. The lowest BCUT2D eigenvalue weighted by atomic mass is 10.2. The molecule has 0 aliphatic carbocycles. The largest absolute Gasteiger partial charge is 0.473 e. The summed E-state index contributed by atoms with van der Waals surface area (Å²) in [5.74, 6) is 0.332. The first-order chi connectivity index (χ1) is 11.9. The number of pyridine rings is 1. The highest BCUT2D eigenvalue weighted by Gasteiger charge is 2.34. The minimum atomic E-state index is -3.65. The van der Waals surface area contributed by atoms with Gasteiger partial charge in [0.05, 0.1) is 11.4 Å². The molecule has 0 amide bonds. The number of ketones is 1. The van der Waals surface area contributed by atoms with Crippen molar-refractivity contribution in [1.29, 1.82) is 0 Å².